The summed E-state index contributed by atoms with van der Waals surface area (Å²) < 4.78 is 0. The molecule has 14 atom stereocenters. The van der Waals surface area contributed by atoms with Crippen LogP contribution in [0.2, 0.25) is 0 Å². The number of amides is 8. The Morgan fingerprint density at radius 2 is 0.912 bits per heavy atom. The van der Waals surface area contributed by atoms with Crippen LogP contribution in [0.25, 0.3) is 0 Å². The zero-order valence-corrected chi connectivity index (χ0v) is 46.9. The lowest BCUT2D eigenvalue weighted by molar-refractivity contribution is -0.142. The summed E-state index contributed by atoms with van der Waals surface area (Å²) in [4.78, 5) is 116. The Labute approximate surface area is 469 Å². The fourth-order valence-electron chi connectivity index (χ4n) is 10.1. The Morgan fingerprint density at radius 1 is 0.512 bits per heavy atom. The number of benzene rings is 3. The number of nitrogens with zero attached hydrogens (tertiary/aromatic N) is 1. The highest BCUT2D eigenvalue weighted by atomic mass is 16.3. The molecule has 0 unspecified atom stereocenters. The number of rotatable bonds is 11. The second-order valence-corrected chi connectivity index (χ2v) is 22.0. The standard InChI is InChI=1S/C59H85N9O12/c1-34(2)28-43-56(77)67-46(31-41-22-14-9-15-23-41)59(80)68-27-17-25-47(68)58(79)66-45(30-40-20-12-8-13-21-40)57(78)65-44(29-39-18-10-7-11-19-39)54(75)62-33-49(70)35(3)50(71)37(5)52(73)61-32-48(69)36(4)51(72)38(6)53(74)63-42(24-16-26-60)55(76)64-43/h7-15,18-23,34-38,42-51,69-72H,16-17,24-33,60H2,1-6H3,(H,61,73)(H,62,75)(H,63,74)(H,64,76)(H,65,78)(H,66,79)(H,67,77)/t35-,36-,37-,38-,42-,43-,44+,45-,46+,47-,48+,49+,50+,51+/m0/s1. The quantitative estimate of drug-likeness (QED) is 0.122. The Hall–Kier alpha value is -6.78. The molecule has 0 aliphatic carbocycles. The van der Waals surface area contributed by atoms with Crippen molar-refractivity contribution < 1.29 is 58.8 Å². The Morgan fingerprint density at radius 3 is 1.41 bits per heavy atom. The summed E-state index contributed by atoms with van der Waals surface area (Å²) in [5.74, 6) is -9.99. The molecule has 0 radical (unpaired) electrons. The van der Waals surface area contributed by atoms with Gasteiger partial charge in [0.25, 0.3) is 0 Å². The smallest absolute Gasteiger partial charge is 0.246 e. The topological polar surface area (TPSA) is 331 Å². The molecule has 21 heteroatoms. The second-order valence-electron chi connectivity index (χ2n) is 22.0. The molecule has 2 aliphatic rings. The molecule has 0 bridgehead atoms. The van der Waals surface area contributed by atoms with Gasteiger partial charge in [-0.3, -0.25) is 38.4 Å². The van der Waals surface area contributed by atoms with Gasteiger partial charge in [-0.25, -0.2) is 0 Å². The van der Waals surface area contributed by atoms with Crippen LogP contribution < -0.4 is 43.0 Å². The molecule has 0 aromatic heterocycles. The van der Waals surface area contributed by atoms with Crippen molar-refractivity contribution in [2.45, 2.75) is 154 Å². The van der Waals surface area contributed by atoms with Gasteiger partial charge in [-0.2, -0.15) is 0 Å². The highest BCUT2D eigenvalue weighted by Gasteiger charge is 2.41. The fourth-order valence-corrected chi connectivity index (χ4v) is 10.1. The molecular weight excluding hydrogens is 1030 g/mol. The monoisotopic (exact) mass is 1110 g/mol. The Bertz CT molecular complexity index is 2510. The van der Waals surface area contributed by atoms with E-state index in [0.29, 0.717) is 23.1 Å². The van der Waals surface area contributed by atoms with E-state index < -0.39 is 145 Å². The molecule has 5 rings (SSSR count). The van der Waals surface area contributed by atoms with Gasteiger partial charge in [0.05, 0.1) is 36.3 Å². The molecule has 0 spiro atoms. The van der Waals surface area contributed by atoms with E-state index in [-0.39, 0.29) is 64.0 Å². The lowest BCUT2D eigenvalue weighted by atomic mass is 9.87. The number of nitrogens with one attached hydrogen (secondary N) is 7. The molecule has 2 aliphatic heterocycles. The summed E-state index contributed by atoms with van der Waals surface area (Å²) in [6.07, 6.45) is -4.64. The van der Waals surface area contributed by atoms with Crippen LogP contribution in [-0.2, 0) is 57.6 Å². The molecule has 2 saturated heterocycles. The minimum atomic E-state index is -1.49. The van der Waals surface area contributed by atoms with Crippen molar-refractivity contribution >= 4 is 47.3 Å². The lowest BCUT2D eigenvalue weighted by Gasteiger charge is -2.32. The van der Waals surface area contributed by atoms with Crippen LogP contribution in [-0.4, -0.2) is 159 Å². The number of hydrogen-bond acceptors (Lipinski definition) is 13. The first kappa shape index (κ1) is 64.0. The Balaban J connectivity index is 1.52. The second kappa shape index (κ2) is 31.3. The maximum absolute atomic E-state index is 15.0. The third-order valence-corrected chi connectivity index (χ3v) is 15.4. The van der Waals surface area contributed by atoms with E-state index in [1.165, 1.54) is 32.6 Å². The summed E-state index contributed by atoms with van der Waals surface area (Å²) in [5.41, 5.74) is 7.89. The van der Waals surface area contributed by atoms with E-state index in [0.717, 1.165) is 0 Å². The minimum Gasteiger partial charge on any atom is -0.392 e. The number of nitrogens with two attached hydrogens (primary N) is 1. The van der Waals surface area contributed by atoms with Crippen LogP contribution in [0.1, 0.15) is 90.3 Å². The van der Waals surface area contributed by atoms with Crippen LogP contribution >= 0.6 is 0 Å². The third-order valence-electron chi connectivity index (χ3n) is 15.4. The van der Waals surface area contributed by atoms with Gasteiger partial charge in [0, 0.05) is 50.7 Å². The summed E-state index contributed by atoms with van der Waals surface area (Å²) in [5, 5.41) is 64.4. The zero-order chi connectivity index (χ0) is 58.6. The molecule has 8 amide bonds. The molecule has 21 nitrogen and oxygen atoms in total. The molecule has 2 fully saturated rings. The van der Waals surface area contributed by atoms with Crippen molar-refractivity contribution in [1.29, 1.82) is 0 Å². The van der Waals surface area contributed by atoms with E-state index in [9.17, 15) is 58.8 Å². The number of carbonyl (C=O) groups is 8. The van der Waals surface area contributed by atoms with Gasteiger partial charge in [-0.15, -0.1) is 0 Å². The van der Waals surface area contributed by atoms with Gasteiger partial charge in [-0.1, -0.05) is 133 Å². The summed E-state index contributed by atoms with van der Waals surface area (Å²) in [6, 6.07) is 19.5. The van der Waals surface area contributed by atoms with Crippen molar-refractivity contribution in [3.63, 3.8) is 0 Å². The van der Waals surface area contributed by atoms with Crippen molar-refractivity contribution in [2.24, 2.45) is 35.3 Å². The Kier molecular flexibility index (Phi) is 25.0. The largest absolute Gasteiger partial charge is 0.392 e. The lowest BCUT2D eigenvalue weighted by Crippen LogP contribution is -2.60. The predicted octanol–water partition coefficient (Wildman–Crippen LogP) is 0.149. The van der Waals surface area contributed by atoms with E-state index in [1.807, 2.05) is 13.8 Å². The molecule has 438 valence electrons. The zero-order valence-electron chi connectivity index (χ0n) is 46.9. The fraction of sp³-hybridized carbons (Fsp3) is 0.559. The van der Waals surface area contributed by atoms with Gasteiger partial charge < -0.3 is 68.3 Å². The summed E-state index contributed by atoms with van der Waals surface area (Å²) >= 11 is 0. The van der Waals surface area contributed by atoms with Crippen LogP contribution in [0.4, 0.5) is 0 Å². The highest BCUT2D eigenvalue weighted by molar-refractivity contribution is 5.97. The van der Waals surface area contributed by atoms with Gasteiger partial charge in [0.15, 0.2) is 0 Å². The third kappa shape index (κ3) is 18.7. The van der Waals surface area contributed by atoms with Crippen molar-refractivity contribution in [1.82, 2.24) is 42.1 Å². The number of fused-ring (bicyclic) bond motifs is 1. The van der Waals surface area contributed by atoms with Crippen molar-refractivity contribution in [3.05, 3.63) is 108 Å². The number of aliphatic hydroxyl groups excluding tert-OH is 4. The minimum absolute atomic E-state index is 0.000495. The number of β-amino-alcohol motifs (C(OH)–C–C–N with tert-alkyl or cyclic N) is 2. The molecule has 13 N–H and O–H groups in total. The molecule has 80 heavy (non-hydrogen) atoms. The molecule has 0 saturated carbocycles. The molecule has 2 heterocycles. The predicted molar refractivity (Wildman–Crippen MR) is 299 cm³/mol. The van der Waals surface area contributed by atoms with Gasteiger partial charge in [0.2, 0.25) is 47.3 Å². The molecule has 3 aromatic carbocycles. The molecular formula is C59H85N9O12. The average molecular weight is 1110 g/mol. The normalized spacial score (nSPS) is 30.0. The SMILES string of the molecule is CC(C)C[C@@H]1NC(=O)[C@H](CCCN)NC(=O)[C@@H](C)[C@H](O)[C@@H](C)[C@H](O)CNC(=O)[C@@H](C)[C@H](O)[C@@H](C)[C@H](O)CNC(=O)[C@@H](Cc2ccccc2)NC(=O)[C@H](Cc2ccccc2)NC(=O)[C@@H]2CCCN2C(=O)[C@@H](Cc2ccccc2)NC1=O. The van der Waals surface area contributed by atoms with Crippen molar-refractivity contribution in [2.75, 3.05) is 26.2 Å². The van der Waals surface area contributed by atoms with Crippen LogP contribution in [0, 0.1) is 29.6 Å². The first-order chi connectivity index (χ1) is 38.1. The maximum Gasteiger partial charge on any atom is 0.246 e. The average Bonchev–Trinajstić information content (AvgIpc) is 3.95. The van der Waals surface area contributed by atoms with Crippen LogP contribution in [0.15, 0.2) is 91.0 Å². The summed E-state index contributed by atoms with van der Waals surface area (Å²) in [6.45, 7) is 9.00. The first-order valence-corrected chi connectivity index (χ1v) is 28.0. The highest BCUT2D eigenvalue weighted by Crippen LogP contribution is 2.23. The van der Waals surface area contributed by atoms with E-state index >= 15 is 0 Å². The van der Waals surface area contributed by atoms with Crippen molar-refractivity contribution in [3.8, 4) is 0 Å². The van der Waals surface area contributed by atoms with Gasteiger partial charge in [-0.05, 0) is 61.3 Å². The first-order valence-electron chi connectivity index (χ1n) is 28.0. The number of carbonyl (C=O) groups excluding carboxylic acids is 8. The van der Waals surface area contributed by atoms with E-state index in [4.69, 9.17) is 5.73 Å². The summed E-state index contributed by atoms with van der Waals surface area (Å²) in [7, 11) is 0. The molecule has 3 aromatic rings. The maximum atomic E-state index is 15.0. The van der Waals surface area contributed by atoms with E-state index in [1.54, 1.807) is 91.0 Å². The number of aliphatic hydroxyl groups is 4. The van der Waals surface area contributed by atoms with E-state index in [2.05, 4.69) is 37.2 Å². The van der Waals surface area contributed by atoms with Crippen LogP contribution in [0.5, 0.6) is 0 Å². The van der Waals surface area contributed by atoms with Gasteiger partial charge >= 0.3 is 0 Å². The van der Waals surface area contributed by atoms with Gasteiger partial charge in [0.1, 0.15) is 36.3 Å². The number of hydrogen-bond donors (Lipinski definition) is 12. The van der Waals surface area contributed by atoms with Crippen LogP contribution in [0.3, 0.4) is 0 Å².